The van der Waals surface area contributed by atoms with Crippen LogP contribution in [-0.4, -0.2) is 18.1 Å². The van der Waals surface area contributed by atoms with Crippen LogP contribution in [0.1, 0.15) is 21.7 Å². The molecule has 0 aliphatic rings. The number of hydrogen-bond donors (Lipinski definition) is 0. The van der Waals surface area contributed by atoms with E-state index in [9.17, 15) is 10.0 Å². The Hall–Kier alpha value is -2.17. The van der Waals surface area contributed by atoms with E-state index in [-0.39, 0.29) is 0 Å². The average molecular weight is 232 g/mol. The van der Waals surface area contributed by atoms with E-state index in [2.05, 4.69) is 9.72 Å². The lowest BCUT2D eigenvalue weighted by molar-refractivity contribution is -0.585. The smallest absolute Gasteiger partial charge is 0.337 e. The second-order valence-corrected chi connectivity index (χ2v) is 3.77. The molecule has 0 aliphatic heterocycles. The molecule has 1 heterocycles. The monoisotopic (exact) mass is 232 g/mol. The Morgan fingerprint density at radius 1 is 1.41 bits per heavy atom. The van der Waals surface area contributed by atoms with E-state index in [0.29, 0.717) is 28.0 Å². The summed E-state index contributed by atoms with van der Waals surface area (Å²) >= 11 is 0. The highest BCUT2D eigenvalue weighted by atomic mass is 16.5. The van der Waals surface area contributed by atoms with E-state index < -0.39 is 5.97 Å². The number of carbonyl (C=O) groups excluding carboxylic acids is 1. The molecule has 0 saturated heterocycles. The van der Waals surface area contributed by atoms with Gasteiger partial charge in [-0.15, -0.1) is 0 Å². The van der Waals surface area contributed by atoms with Crippen molar-refractivity contribution in [3.63, 3.8) is 0 Å². The van der Waals surface area contributed by atoms with Crippen molar-refractivity contribution in [2.45, 2.75) is 13.8 Å². The molecule has 17 heavy (non-hydrogen) atoms. The Balaban J connectivity index is 2.71. The standard InChI is InChI=1S/C12H12N2O3/c1-7-8(2)14(16)11-5-4-9(12(15)17-3)6-10(11)13-7/h4-6H,1-3H3. The van der Waals surface area contributed by atoms with E-state index in [1.54, 1.807) is 32.0 Å². The molecule has 0 spiro atoms. The number of benzene rings is 1. The van der Waals surface area contributed by atoms with E-state index in [1.807, 2.05) is 0 Å². The molecule has 1 aromatic carbocycles. The lowest BCUT2D eigenvalue weighted by Gasteiger charge is -2.07. The van der Waals surface area contributed by atoms with E-state index in [0.717, 1.165) is 4.73 Å². The molecule has 2 rings (SSSR count). The second kappa shape index (κ2) is 4.01. The van der Waals surface area contributed by atoms with Crippen LogP contribution in [0.4, 0.5) is 0 Å². The second-order valence-electron chi connectivity index (χ2n) is 3.77. The van der Waals surface area contributed by atoms with Gasteiger partial charge in [0, 0.05) is 13.0 Å². The van der Waals surface area contributed by atoms with Crippen LogP contribution in [0.5, 0.6) is 0 Å². The summed E-state index contributed by atoms with van der Waals surface area (Å²) in [5.74, 6) is -0.440. The first-order valence-corrected chi connectivity index (χ1v) is 5.13. The minimum Gasteiger partial charge on any atom is -0.618 e. The van der Waals surface area contributed by atoms with Crippen molar-refractivity contribution < 1.29 is 14.3 Å². The molecule has 0 aliphatic carbocycles. The van der Waals surface area contributed by atoms with Crippen LogP contribution in [-0.2, 0) is 4.74 Å². The summed E-state index contributed by atoms with van der Waals surface area (Å²) in [5.41, 5.74) is 2.53. The van der Waals surface area contributed by atoms with Gasteiger partial charge >= 0.3 is 5.97 Å². The normalized spacial score (nSPS) is 10.5. The molecule has 5 nitrogen and oxygen atoms in total. The average Bonchev–Trinajstić information content (AvgIpc) is 2.34. The van der Waals surface area contributed by atoms with Crippen molar-refractivity contribution in [1.29, 1.82) is 0 Å². The van der Waals surface area contributed by atoms with Crippen molar-refractivity contribution in [3.8, 4) is 0 Å². The van der Waals surface area contributed by atoms with E-state index in [4.69, 9.17) is 0 Å². The molecule has 0 fully saturated rings. The number of methoxy groups -OCH3 is 1. The third-order valence-electron chi connectivity index (χ3n) is 2.73. The zero-order valence-electron chi connectivity index (χ0n) is 9.85. The summed E-state index contributed by atoms with van der Waals surface area (Å²) in [7, 11) is 1.31. The molecule has 88 valence electrons. The molecular weight excluding hydrogens is 220 g/mol. The Kier molecular flexibility index (Phi) is 2.67. The SMILES string of the molecule is COC(=O)c1ccc2c(c1)nc(C)c(C)[n+]2[O-]. The summed E-state index contributed by atoms with van der Waals surface area (Å²) in [5, 5.41) is 11.9. The first-order chi connectivity index (χ1) is 8.04. The molecule has 0 bridgehead atoms. The number of hydrogen-bond acceptors (Lipinski definition) is 4. The summed E-state index contributed by atoms with van der Waals surface area (Å²) < 4.78 is 5.44. The summed E-state index contributed by atoms with van der Waals surface area (Å²) in [6.07, 6.45) is 0. The molecule has 0 saturated carbocycles. The van der Waals surface area contributed by atoms with Gasteiger partial charge in [0.2, 0.25) is 11.2 Å². The molecule has 0 radical (unpaired) electrons. The van der Waals surface area contributed by atoms with Crippen molar-refractivity contribution in [3.05, 3.63) is 40.4 Å². The van der Waals surface area contributed by atoms with Crippen LogP contribution in [0, 0.1) is 19.1 Å². The Morgan fingerprint density at radius 2 is 2.12 bits per heavy atom. The predicted octanol–water partition coefficient (Wildman–Crippen LogP) is 1.27. The fourth-order valence-electron chi connectivity index (χ4n) is 1.62. The van der Waals surface area contributed by atoms with Crippen LogP contribution in [0.2, 0.25) is 0 Å². The molecular formula is C12H12N2O3. The lowest BCUT2D eigenvalue weighted by Crippen LogP contribution is -2.32. The van der Waals surface area contributed by atoms with Gasteiger partial charge in [-0.1, -0.05) is 0 Å². The molecule has 0 amide bonds. The maximum atomic E-state index is 11.9. The minimum atomic E-state index is -0.440. The van der Waals surface area contributed by atoms with Crippen LogP contribution in [0.3, 0.4) is 0 Å². The van der Waals surface area contributed by atoms with Crippen LogP contribution < -0.4 is 4.73 Å². The van der Waals surface area contributed by atoms with Crippen molar-refractivity contribution in [1.82, 2.24) is 4.98 Å². The van der Waals surface area contributed by atoms with Crippen LogP contribution in [0.15, 0.2) is 18.2 Å². The number of carbonyl (C=O) groups is 1. The number of fused-ring (bicyclic) bond motifs is 1. The lowest BCUT2D eigenvalue weighted by atomic mass is 10.2. The number of nitrogens with zero attached hydrogens (tertiary/aromatic N) is 2. The number of aryl methyl sites for hydroxylation is 1. The molecule has 0 N–H and O–H groups in total. The van der Waals surface area contributed by atoms with E-state index in [1.165, 1.54) is 7.11 Å². The molecule has 0 unspecified atom stereocenters. The first kappa shape index (κ1) is 11.3. The highest BCUT2D eigenvalue weighted by Crippen LogP contribution is 2.13. The van der Waals surface area contributed by atoms with Gasteiger partial charge in [0.15, 0.2) is 0 Å². The Labute approximate surface area is 98.2 Å². The topological polar surface area (TPSA) is 66.1 Å². The quantitative estimate of drug-likeness (QED) is 0.422. The van der Waals surface area contributed by atoms with Crippen LogP contribution in [0.25, 0.3) is 11.0 Å². The van der Waals surface area contributed by atoms with Crippen molar-refractivity contribution in [2.75, 3.05) is 7.11 Å². The van der Waals surface area contributed by atoms with Crippen LogP contribution >= 0.6 is 0 Å². The Bertz CT molecular complexity index is 608. The molecule has 5 heteroatoms. The van der Waals surface area contributed by atoms with Gasteiger partial charge in [-0.05, 0) is 19.1 Å². The van der Waals surface area contributed by atoms with Crippen molar-refractivity contribution in [2.24, 2.45) is 0 Å². The van der Waals surface area contributed by atoms with Gasteiger partial charge in [-0.25, -0.2) is 9.78 Å². The van der Waals surface area contributed by atoms with Gasteiger partial charge < -0.3 is 9.94 Å². The highest BCUT2D eigenvalue weighted by molar-refractivity contribution is 5.92. The zero-order valence-corrected chi connectivity index (χ0v) is 9.85. The van der Waals surface area contributed by atoms with Gasteiger partial charge in [-0.3, -0.25) is 0 Å². The van der Waals surface area contributed by atoms with Gasteiger partial charge in [0.25, 0.3) is 0 Å². The highest BCUT2D eigenvalue weighted by Gasteiger charge is 2.14. The summed E-state index contributed by atoms with van der Waals surface area (Å²) in [6, 6.07) is 4.69. The third-order valence-corrected chi connectivity index (χ3v) is 2.73. The fraction of sp³-hybridized carbons (Fsp3) is 0.250. The molecule has 1 aromatic heterocycles. The number of aromatic nitrogens is 2. The maximum absolute atomic E-state index is 11.9. The van der Waals surface area contributed by atoms with Gasteiger partial charge in [0.1, 0.15) is 11.2 Å². The van der Waals surface area contributed by atoms with Gasteiger partial charge in [-0.2, -0.15) is 4.73 Å². The zero-order chi connectivity index (χ0) is 12.6. The van der Waals surface area contributed by atoms with Gasteiger partial charge in [0.05, 0.1) is 12.7 Å². The molecule has 0 atom stereocenters. The third kappa shape index (κ3) is 1.80. The number of esters is 1. The van der Waals surface area contributed by atoms with E-state index >= 15 is 0 Å². The fourth-order valence-corrected chi connectivity index (χ4v) is 1.62. The Morgan fingerprint density at radius 3 is 2.76 bits per heavy atom. The largest absolute Gasteiger partial charge is 0.618 e. The summed E-state index contributed by atoms with van der Waals surface area (Å²) in [6.45, 7) is 3.47. The first-order valence-electron chi connectivity index (χ1n) is 5.13. The van der Waals surface area contributed by atoms with Crippen molar-refractivity contribution >= 4 is 17.0 Å². The summed E-state index contributed by atoms with van der Waals surface area (Å²) in [4.78, 5) is 15.6. The molecule has 2 aromatic rings. The predicted molar refractivity (Wildman–Crippen MR) is 61.5 cm³/mol. The number of ether oxygens (including phenoxy) is 1. The maximum Gasteiger partial charge on any atom is 0.337 e. The number of rotatable bonds is 1. The minimum absolute atomic E-state index is 0.385.